The van der Waals surface area contributed by atoms with Gasteiger partial charge in [-0.15, -0.1) is 12.4 Å². The summed E-state index contributed by atoms with van der Waals surface area (Å²) >= 11 is 0. The van der Waals surface area contributed by atoms with Gasteiger partial charge in [0.05, 0.1) is 5.56 Å². The van der Waals surface area contributed by atoms with Crippen LogP contribution in [-0.4, -0.2) is 42.8 Å². The molecule has 1 amide bonds. The molecular formula is C24H29ClN2O2. The molecule has 0 bridgehead atoms. The summed E-state index contributed by atoms with van der Waals surface area (Å²) < 4.78 is 0. The lowest BCUT2D eigenvalue weighted by Crippen LogP contribution is -2.33. The Morgan fingerprint density at radius 1 is 0.897 bits per heavy atom. The van der Waals surface area contributed by atoms with Gasteiger partial charge in [-0.3, -0.25) is 9.59 Å². The van der Waals surface area contributed by atoms with Gasteiger partial charge < -0.3 is 10.2 Å². The van der Waals surface area contributed by atoms with Gasteiger partial charge in [-0.25, -0.2) is 0 Å². The van der Waals surface area contributed by atoms with Crippen LogP contribution in [0, 0.1) is 25.7 Å². The van der Waals surface area contributed by atoms with Crippen molar-refractivity contribution in [3.8, 4) is 0 Å². The highest BCUT2D eigenvalue weighted by atomic mass is 35.5. The van der Waals surface area contributed by atoms with Crippen molar-refractivity contribution in [3.05, 3.63) is 70.3 Å². The standard InChI is InChI=1S/C24H28N2O2.ClH/c1-16-7-8-17(2)22(13-16)23(27)20-5-3-4-6-21(20)24(28)26-11-9-18-14-25-15-19(18)10-12-26;/h3-8,13,18-19,25H,9-12,14-15H2,1-2H3;1H/t18-,19+;. The Morgan fingerprint density at radius 3 is 2.17 bits per heavy atom. The first-order valence-electron chi connectivity index (χ1n) is 10.3. The van der Waals surface area contributed by atoms with Gasteiger partial charge in [-0.2, -0.15) is 0 Å². The van der Waals surface area contributed by atoms with Crippen molar-refractivity contribution >= 4 is 24.1 Å². The highest BCUT2D eigenvalue weighted by Crippen LogP contribution is 2.28. The molecule has 2 aromatic carbocycles. The molecule has 2 fully saturated rings. The molecule has 154 valence electrons. The van der Waals surface area contributed by atoms with Gasteiger partial charge in [0, 0.05) is 24.2 Å². The van der Waals surface area contributed by atoms with Crippen molar-refractivity contribution in [2.45, 2.75) is 26.7 Å². The van der Waals surface area contributed by atoms with E-state index in [1.54, 1.807) is 12.1 Å². The molecule has 2 saturated heterocycles. The van der Waals surface area contributed by atoms with Gasteiger partial charge in [0.2, 0.25) is 0 Å². The van der Waals surface area contributed by atoms with Crippen molar-refractivity contribution in [2.75, 3.05) is 26.2 Å². The minimum atomic E-state index is -0.0685. The van der Waals surface area contributed by atoms with Crippen LogP contribution < -0.4 is 5.32 Å². The summed E-state index contributed by atoms with van der Waals surface area (Å²) in [5.41, 5.74) is 3.70. The molecule has 4 rings (SSSR count). The Labute approximate surface area is 179 Å². The average Bonchev–Trinajstić information content (AvgIpc) is 3.07. The maximum Gasteiger partial charge on any atom is 0.254 e. The Bertz CT molecular complexity index is 898. The quantitative estimate of drug-likeness (QED) is 0.774. The molecule has 0 saturated carbocycles. The number of carbonyl (C=O) groups excluding carboxylic acids is 2. The number of likely N-dealkylation sites (tertiary alicyclic amines) is 1. The first kappa shape index (κ1) is 21.5. The molecule has 0 radical (unpaired) electrons. The summed E-state index contributed by atoms with van der Waals surface area (Å²) in [6, 6.07) is 13.2. The zero-order chi connectivity index (χ0) is 19.7. The van der Waals surface area contributed by atoms with Crippen molar-refractivity contribution in [3.63, 3.8) is 0 Å². The second-order valence-corrected chi connectivity index (χ2v) is 8.24. The molecule has 2 aliphatic heterocycles. The fraction of sp³-hybridized carbons (Fsp3) is 0.417. The maximum absolute atomic E-state index is 13.3. The van der Waals surface area contributed by atoms with Crippen LogP contribution in [-0.2, 0) is 0 Å². The van der Waals surface area contributed by atoms with E-state index < -0.39 is 0 Å². The molecule has 0 aliphatic carbocycles. The third-order valence-corrected chi connectivity index (χ3v) is 6.35. The van der Waals surface area contributed by atoms with Crippen molar-refractivity contribution < 1.29 is 9.59 Å². The summed E-state index contributed by atoms with van der Waals surface area (Å²) in [6.45, 7) is 7.60. The van der Waals surface area contributed by atoms with Crippen LogP contribution in [0.5, 0.6) is 0 Å². The maximum atomic E-state index is 13.3. The number of fused-ring (bicyclic) bond motifs is 1. The predicted octanol–water partition coefficient (Wildman–Crippen LogP) is 4.03. The minimum absolute atomic E-state index is 0. The van der Waals surface area contributed by atoms with E-state index in [1.807, 2.05) is 49.1 Å². The number of amides is 1. The van der Waals surface area contributed by atoms with Gasteiger partial charge >= 0.3 is 0 Å². The Hall–Kier alpha value is -2.17. The molecule has 0 unspecified atom stereocenters. The van der Waals surface area contributed by atoms with Crippen molar-refractivity contribution in [2.24, 2.45) is 11.8 Å². The fourth-order valence-corrected chi connectivity index (χ4v) is 4.58. The molecule has 0 spiro atoms. The van der Waals surface area contributed by atoms with Crippen LogP contribution in [0.3, 0.4) is 0 Å². The average molecular weight is 413 g/mol. The lowest BCUT2D eigenvalue weighted by Gasteiger charge is -2.22. The van der Waals surface area contributed by atoms with Gasteiger partial charge in [-0.1, -0.05) is 35.9 Å². The Kier molecular flexibility index (Phi) is 6.76. The summed E-state index contributed by atoms with van der Waals surface area (Å²) in [4.78, 5) is 28.6. The highest BCUT2D eigenvalue weighted by Gasteiger charge is 2.32. The number of halogens is 1. The molecule has 2 heterocycles. The third kappa shape index (κ3) is 4.39. The molecule has 29 heavy (non-hydrogen) atoms. The number of aryl methyl sites for hydroxylation is 2. The molecule has 0 aromatic heterocycles. The van der Waals surface area contributed by atoms with Crippen LogP contribution >= 0.6 is 12.4 Å². The first-order valence-corrected chi connectivity index (χ1v) is 10.3. The topological polar surface area (TPSA) is 49.4 Å². The number of nitrogens with one attached hydrogen (secondary N) is 1. The Balaban J connectivity index is 0.00000240. The largest absolute Gasteiger partial charge is 0.339 e. The smallest absolute Gasteiger partial charge is 0.254 e. The van der Waals surface area contributed by atoms with Gasteiger partial charge in [0.15, 0.2) is 5.78 Å². The predicted molar refractivity (Wildman–Crippen MR) is 118 cm³/mol. The zero-order valence-electron chi connectivity index (χ0n) is 17.1. The lowest BCUT2D eigenvalue weighted by molar-refractivity contribution is 0.0754. The number of hydrogen-bond donors (Lipinski definition) is 1. The number of hydrogen-bond acceptors (Lipinski definition) is 3. The van der Waals surface area contributed by atoms with E-state index in [0.717, 1.165) is 50.1 Å². The fourth-order valence-electron chi connectivity index (χ4n) is 4.58. The van der Waals surface area contributed by atoms with Gasteiger partial charge in [-0.05, 0) is 69.3 Å². The van der Waals surface area contributed by atoms with Crippen molar-refractivity contribution in [1.82, 2.24) is 10.2 Å². The molecule has 2 aromatic rings. The molecule has 1 N–H and O–H groups in total. The van der Waals surface area contributed by atoms with E-state index in [9.17, 15) is 9.59 Å². The first-order chi connectivity index (χ1) is 13.5. The van der Waals surface area contributed by atoms with Crippen LogP contribution in [0.2, 0.25) is 0 Å². The van der Waals surface area contributed by atoms with E-state index in [1.165, 1.54) is 0 Å². The van der Waals surface area contributed by atoms with E-state index in [2.05, 4.69) is 5.32 Å². The summed E-state index contributed by atoms with van der Waals surface area (Å²) in [5.74, 6) is 1.26. The Morgan fingerprint density at radius 2 is 1.52 bits per heavy atom. The number of benzene rings is 2. The van der Waals surface area contributed by atoms with Crippen LogP contribution in [0.15, 0.2) is 42.5 Å². The number of ketones is 1. The second-order valence-electron chi connectivity index (χ2n) is 8.24. The van der Waals surface area contributed by atoms with E-state index in [4.69, 9.17) is 0 Å². The van der Waals surface area contributed by atoms with Crippen LogP contribution in [0.25, 0.3) is 0 Å². The molecule has 4 nitrogen and oxygen atoms in total. The summed E-state index contributed by atoms with van der Waals surface area (Å²) in [7, 11) is 0. The van der Waals surface area contributed by atoms with E-state index >= 15 is 0 Å². The SMILES string of the molecule is Cc1ccc(C)c(C(=O)c2ccccc2C(=O)N2CC[C@@H]3CNC[C@@H]3CC2)c1.Cl. The normalized spacial score (nSPS) is 21.1. The van der Waals surface area contributed by atoms with Crippen LogP contribution in [0.4, 0.5) is 0 Å². The number of rotatable bonds is 3. The molecule has 2 aliphatic rings. The zero-order valence-corrected chi connectivity index (χ0v) is 17.9. The minimum Gasteiger partial charge on any atom is -0.339 e. The van der Waals surface area contributed by atoms with Gasteiger partial charge in [0.25, 0.3) is 5.91 Å². The number of carbonyl (C=O) groups is 2. The van der Waals surface area contributed by atoms with Crippen LogP contribution in [0.1, 0.15) is 50.2 Å². The lowest BCUT2D eigenvalue weighted by atomic mass is 9.92. The molecule has 5 heteroatoms. The van der Waals surface area contributed by atoms with Crippen molar-refractivity contribution in [1.29, 1.82) is 0 Å². The molecular weight excluding hydrogens is 384 g/mol. The third-order valence-electron chi connectivity index (χ3n) is 6.35. The highest BCUT2D eigenvalue weighted by molar-refractivity contribution is 6.16. The van der Waals surface area contributed by atoms with E-state index in [-0.39, 0.29) is 24.1 Å². The number of nitrogens with zero attached hydrogens (tertiary/aromatic N) is 1. The second kappa shape index (κ2) is 9.10. The van der Waals surface area contributed by atoms with Gasteiger partial charge in [0.1, 0.15) is 0 Å². The van der Waals surface area contributed by atoms with E-state index in [0.29, 0.717) is 28.5 Å². The monoisotopic (exact) mass is 412 g/mol. The summed E-state index contributed by atoms with van der Waals surface area (Å²) in [6.07, 6.45) is 2.08. The summed E-state index contributed by atoms with van der Waals surface area (Å²) in [5, 5.41) is 3.47. The molecule has 2 atom stereocenters.